The number of hydrogen-bond acceptors (Lipinski definition) is 3. The lowest BCUT2D eigenvalue weighted by atomic mass is 10.2. The molecule has 2 N–H and O–H groups in total. The maximum Gasteiger partial charge on any atom is 0.191 e. The summed E-state index contributed by atoms with van der Waals surface area (Å²) in [4.78, 5) is 4.56. The van der Waals surface area contributed by atoms with Gasteiger partial charge in [-0.2, -0.15) is 5.10 Å². The van der Waals surface area contributed by atoms with Gasteiger partial charge in [0.05, 0.1) is 6.20 Å². The summed E-state index contributed by atoms with van der Waals surface area (Å²) in [6, 6.07) is 0. The fourth-order valence-electron chi connectivity index (χ4n) is 1.84. The molecule has 1 rings (SSSR count). The smallest absolute Gasteiger partial charge is 0.191 e. The van der Waals surface area contributed by atoms with Crippen LogP contribution in [0.3, 0.4) is 0 Å². The Bertz CT molecular complexity index is 394. The van der Waals surface area contributed by atoms with E-state index in [0.717, 1.165) is 51.5 Å². The van der Waals surface area contributed by atoms with Gasteiger partial charge in [-0.05, 0) is 31.7 Å². The third-order valence-corrected chi connectivity index (χ3v) is 2.81. The van der Waals surface area contributed by atoms with Crippen molar-refractivity contribution < 1.29 is 4.74 Å². The number of nitrogens with one attached hydrogen (secondary N) is 2. The molecule has 1 aromatic rings. The minimum atomic E-state index is 0. The minimum absolute atomic E-state index is 0. The van der Waals surface area contributed by atoms with Crippen molar-refractivity contribution in [2.24, 2.45) is 12.0 Å². The predicted octanol–water partition coefficient (Wildman–Crippen LogP) is 1.56. The Morgan fingerprint density at radius 1 is 1.38 bits per heavy atom. The fourth-order valence-corrected chi connectivity index (χ4v) is 1.84. The van der Waals surface area contributed by atoms with Gasteiger partial charge in [0.2, 0.25) is 0 Å². The van der Waals surface area contributed by atoms with Crippen molar-refractivity contribution >= 4 is 29.9 Å². The molecule has 0 fully saturated rings. The van der Waals surface area contributed by atoms with E-state index >= 15 is 0 Å². The summed E-state index contributed by atoms with van der Waals surface area (Å²) in [7, 11) is 3.66. The van der Waals surface area contributed by atoms with E-state index in [1.165, 1.54) is 5.56 Å². The summed E-state index contributed by atoms with van der Waals surface area (Å²) in [5.41, 5.74) is 1.26. The molecule has 0 saturated carbocycles. The summed E-state index contributed by atoms with van der Waals surface area (Å²) in [5, 5.41) is 10.7. The molecule has 0 radical (unpaired) electrons. The van der Waals surface area contributed by atoms with Gasteiger partial charge in [0.25, 0.3) is 0 Å². The Hall–Kier alpha value is -0.830. The lowest BCUT2D eigenvalue weighted by Crippen LogP contribution is -2.38. The molecule has 0 atom stereocenters. The van der Waals surface area contributed by atoms with E-state index in [0.29, 0.717) is 0 Å². The van der Waals surface area contributed by atoms with Gasteiger partial charge in [-0.25, -0.2) is 0 Å². The zero-order valence-corrected chi connectivity index (χ0v) is 15.6. The normalized spacial score (nSPS) is 11.1. The molecule has 0 spiro atoms. The van der Waals surface area contributed by atoms with E-state index in [1.807, 2.05) is 17.9 Å². The van der Waals surface area contributed by atoms with Crippen molar-refractivity contribution in [3.8, 4) is 0 Å². The van der Waals surface area contributed by atoms with Crippen molar-refractivity contribution in [1.82, 2.24) is 20.4 Å². The summed E-state index contributed by atoms with van der Waals surface area (Å²) in [6.07, 6.45) is 6.99. The van der Waals surface area contributed by atoms with Crippen LogP contribution in [0.2, 0.25) is 0 Å². The van der Waals surface area contributed by atoms with Crippen molar-refractivity contribution in [3.05, 3.63) is 18.0 Å². The van der Waals surface area contributed by atoms with Crippen LogP contribution in [0, 0.1) is 0 Å². The highest BCUT2D eigenvalue weighted by atomic mass is 127. The number of halogens is 1. The van der Waals surface area contributed by atoms with Crippen molar-refractivity contribution in [3.63, 3.8) is 0 Å². The van der Waals surface area contributed by atoms with Crippen LogP contribution in [0.4, 0.5) is 0 Å². The second-order valence-electron chi connectivity index (χ2n) is 4.66. The first kappa shape index (κ1) is 20.2. The number of methoxy groups -OCH3 is 1. The van der Waals surface area contributed by atoms with E-state index in [1.54, 1.807) is 7.11 Å². The molecule has 1 heterocycles. The lowest BCUT2D eigenvalue weighted by Gasteiger charge is -2.10. The van der Waals surface area contributed by atoms with Gasteiger partial charge in [-0.3, -0.25) is 9.67 Å². The second-order valence-corrected chi connectivity index (χ2v) is 4.66. The average molecular weight is 409 g/mol. The minimum Gasteiger partial charge on any atom is -0.385 e. The largest absolute Gasteiger partial charge is 0.385 e. The molecular weight excluding hydrogens is 381 g/mol. The fraction of sp³-hybridized carbons (Fsp3) is 0.714. The molecule has 122 valence electrons. The molecule has 0 unspecified atom stereocenters. The predicted molar refractivity (Wildman–Crippen MR) is 97.4 cm³/mol. The maximum atomic E-state index is 5.02. The van der Waals surface area contributed by atoms with E-state index < -0.39 is 0 Å². The number of hydrogen-bond donors (Lipinski definition) is 2. The first-order chi connectivity index (χ1) is 9.76. The maximum absolute atomic E-state index is 5.02. The molecule has 0 amide bonds. The molecule has 1 aromatic heterocycles. The first-order valence-corrected chi connectivity index (χ1v) is 7.25. The van der Waals surface area contributed by atoms with Crippen LogP contribution in [0.15, 0.2) is 17.4 Å². The number of aryl methyl sites for hydroxylation is 2. The number of aromatic nitrogens is 2. The number of guanidine groups is 1. The van der Waals surface area contributed by atoms with E-state index in [2.05, 4.69) is 33.8 Å². The van der Waals surface area contributed by atoms with Crippen molar-refractivity contribution in [1.29, 1.82) is 0 Å². The second kappa shape index (κ2) is 12.9. The van der Waals surface area contributed by atoms with E-state index in [9.17, 15) is 0 Å². The van der Waals surface area contributed by atoms with Crippen LogP contribution < -0.4 is 10.6 Å². The highest BCUT2D eigenvalue weighted by Gasteiger charge is 1.98. The van der Waals surface area contributed by atoms with Crippen LogP contribution in [0.25, 0.3) is 0 Å². The first-order valence-electron chi connectivity index (χ1n) is 7.25. The molecule has 6 nitrogen and oxygen atoms in total. The highest BCUT2D eigenvalue weighted by Crippen LogP contribution is 2.00. The van der Waals surface area contributed by atoms with Crippen LogP contribution in [-0.4, -0.2) is 49.1 Å². The lowest BCUT2D eigenvalue weighted by molar-refractivity contribution is 0.195. The Kier molecular flexibility index (Phi) is 12.4. The molecule has 0 bridgehead atoms. The highest BCUT2D eigenvalue weighted by molar-refractivity contribution is 14.0. The van der Waals surface area contributed by atoms with Gasteiger partial charge < -0.3 is 15.4 Å². The SMILES string of the molecule is CCNC(=NCCCc1cnn(C)c1)NCCCOC.I. The molecule has 0 aliphatic rings. The van der Waals surface area contributed by atoms with Gasteiger partial charge in [-0.1, -0.05) is 0 Å². The van der Waals surface area contributed by atoms with Gasteiger partial charge in [0, 0.05) is 46.6 Å². The zero-order chi connectivity index (χ0) is 14.6. The molecule has 0 aliphatic heterocycles. The number of ether oxygens (including phenoxy) is 1. The van der Waals surface area contributed by atoms with Gasteiger partial charge in [0.15, 0.2) is 5.96 Å². The molecule has 21 heavy (non-hydrogen) atoms. The summed E-state index contributed by atoms with van der Waals surface area (Å²) in [5.74, 6) is 0.884. The Morgan fingerprint density at radius 2 is 2.19 bits per heavy atom. The van der Waals surface area contributed by atoms with Crippen LogP contribution in [-0.2, 0) is 18.2 Å². The standard InChI is InChI=1S/C14H27N5O.HI/c1-4-15-14(17-9-6-10-20-3)16-8-5-7-13-11-18-19(2)12-13;/h11-12H,4-10H2,1-3H3,(H2,15,16,17);1H. The molecular formula is C14H28IN5O. The van der Waals surface area contributed by atoms with Gasteiger partial charge in [0.1, 0.15) is 0 Å². The van der Waals surface area contributed by atoms with Gasteiger partial charge in [-0.15, -0.1) is 24.0 Å². The topological polar surface area (TPSA) is 63.5 Å². The van der Waals surface area contributed by atoms with Gasteiger partial charge >= 0.3 is 0 Å². The van der Waals surface area contributed by atoms with E-state index in [4.69, 9.17) is 4.74 Å². The number of aliphatic imine (C=N–C) groups is 1. The van der Waals surface area contributed by atoms with Crippen molar-refractivity contribution in [2.75, 3.05) is 33.4 Å². The number of rotatable bonds is 9. The van der Waals surface area contributed by atoms with Crippen LogP contribution >= 0.6 is 24.0 Å². The monoisotopic (exact) mass is 409 g/mol. The summed E-state index contributed by atoms with van der Waals surface area (Å²) < 4.78 is 6.86. The molecule has 0 aliphatic carbocycles. The summed E-state index contributed by atoms with van der Waals surface area (Å²) >= 11 is 0. The van der Waals surface area contributed by atoms with Crippen molar-refractivity contribution in [2.45, 2.75) is 26.2 Å². The Morgan fingerprint density at radius 3 is 2.81 bits per heavy atom. The molecule has 0 saturated heterocycles. The quantitative estimate of drug-likeness (QED) is 0.281. The zero-order valence-electron chi connectivity index (χ0n) is 13.3. The molecule has 0 aromatic carbocycles. The number of nitrogens with zero attached hydrogens (tertiary/aromatic N) is 3. The average Bonchev–Trinajstić information content (AvgIpc) is 2.85. The third-order valence-electron chi connectivity index (χ3n) is 2.81. The van der Waals surface area contributed by atoms with E-state index in [-0.39, 0.29) is 24.0 Å². The van der Waals surface area contributed by atoms with Crippen LogP contribution in [0.1, 0.15) is 25.3 Å². The van der Waals surface area contributed by atoms with Crippen LogP contribution in [0.5, 0.6) is 0 Å². The molecule has 7 heteroatoms. The summed E-state index contributed by atoms with van der Waals surface area (Å²) in [6.45, 7) is 5.41. The Balaban J connectivity index is 0.00000400. The third kappa shape index (κ3) is 9.67. The Labute approximate surface area is 144 Å².